The normalized spacial score (nSPS) is 34.6. The molecule has 0 aromatic heterocycles. The minimum absolute atomic E-state index is 0.0675. The monoisotopic (exact) mass is 176 g/mol. The molecule has 1 aliphatic rings. The highest BCUT2D eigenvalue weighted by Crippen LogP contribution is 2.40. The van der Waals surface area contributed by atoms with Gasteiger partial charge in [0.15, 0.2) is 0 Å². The van der Waals surface area contributed by atoms with Gasteiger partial charge in [-0.3, -0.25) is 4.79 Å². The fourth-order valence-corrected chi connectivity index (χ4v) is 1.52. The fourth-order valence-electron chi connectivity index (χ4n) is 1.52. The molecule has 69 valence electrons. The van der Waals surface area contributed by atoms with E-state index in [0.717, 1.165) is 0 Å². The van der Waals surface area contributed by atoms with Gasteiger partial charge in [0.1, 0.15) is 5.92 Å². The molecule has 1 aliphatic carbocycles. The zero-order valence-electron chi connectivity index (χ0n) is 6.72. The quantitative estimate of drug-likeness (QED) is 0.644. The van der Waals surface area contributed by atoms with E-state index in [-0.39, 0.29) is 18.8 Å². The Bertz CT molecular complexity index is 193. The van der Waals surface area contributed by atoms with Crippen molar-refractivity contribution in [1.29, 1.82) is 0 Å². The highest BCUT2D eigenvalue weighted by molar-refractivity contribution is 5.77. The van der Waals surface area contributed by atoms with Crippen LogP contribution >= 0.6 is 0 Å². The summed E-state index contributed by atoms with van der Waals surface area (Å²) in [6, 6.07) is 0. The first kappa shape index (κ1) is 9.42. The molecule has 12 heavy (non-hydrogen) atoms. The largest absolute Gasteiger partial charge is 0.369 e. The summed E-state index contributed by atoms with van der Waals surface area (Å²) >= 11 is 0. The van der Waals surface area contributed by atoms with Crippen molar-refractivity contribution >= 4 is 5.91 Å². The van der Waals surface area contributed by atoms with Gasteiger partial charge in [-0.25, -0.2) is 8.78 Å². The van der Waals surface area contributed by atoms with Crippen LogP contribution in [0.2, 0.25) is 0 Å². The zero-order chi connectivity index (χ0) is 9.35. The maximum absolute atomic E-state index is 13.0. The Hall–Kier alpha value is -0.670. The Morgan fingerprint density at radius 3 is 2.58 bits per heavy atom. The van der Waals surface area contributed by atoms with Gasteiger partial charge in [0.25, 0.3) is 5.92 Å². The van der Waals surface area contributed by atoms with Crippen molar-refractivity contribution in [2.45, 2.75) is 25.2 Å². The van der Waals surface area contributed by atoms with Crippen LogP contribution in [0.4, 0.5) is 8.78 Å². The maximum atomic E-state index is 13.0. The van der Waals surface area contributed by atoms with Crippen molar-refractivity contribution in [2.24, 2.45) is 17.6 Å². The van der Waals surface area contributed by atoms with Gasteiger partial charge in [-0.2, -0.15) is 0 Å². The lowest BCUT2D eigenvalue weighted by Gasteiger charge is -2.32. The van der Waals surface area contributed by atoms with Crippen molar-refractivity contribution in [1.82, 2.24) is 0 Å². The number of amides is 1. The minimum Gasteiger partial charge on any atom is -0.369 e. The molecule has 1 radical (unpaired) electrons. The molecule has 2 nitrogen and oxygen atoms in total. The minimum atomic E-state index is -2.92. The van der Waals surface area contributed by atoms with Crippen molar-refractivity contribution in [3.05, 3.63) is 6.92 Å². The molecule has 0 saturated heterocycles. The van der Waals surface area contributed by atoms with Crippen LogP contribution in [0, 0.1) is 18.8 Å². The topological polar surface area (TPSA) is 43.1 Å². The molecular formula is C8H12F2NO. The maximum Gasteiger partial charge on any atom is 0.259 e. The van der Waals surface area contributed by atoms with Crippen LogP contribution in [-0.4, -0.2) is 11.8 Å². The second-order valence-corrected chi connectivity index (χ2v) is 3.36. The molecule has 0 aromatic rings. The van der Waals surface area contributed by atoms with Crippen molar-refractivity contribution in [3.8, 4) is 0 Å². The van der Waals surface area contributed by atoms with Crippen LogP contribution in [0.3, 0.4) is 0 Å². The predicted octanol–water partition coefficient (Wildman–Crippen LogP) is 1.36. The Labute approximate surface area is 70.1 Å². The first-order chi connectivity index (χ1) is 5.43. The van der Waals surface area contributed by atoms with E-state index >= 15 is 0 Å². The van der Waals surface area contributed by atoms with Gasteiger partial charge >= 0.3 is 0 Å². The molecule has 2 N–H and O–H groups in total. The number of rotatable bonds is 1. The number of nitrogens with two attached hydrogens (primary N) is 1. The summed E-state index contributed by atoms with van der Waals surface area (Å²) in [7, 11) is 0. The number of carbonyl (C=O) groups is 1. The van der Waals surface area contributed by atoms with Gasteiger partial charge in [-0.1, -0.05) is 6.92 Å². The molecule has 0 bridgehead atoms. The van der Waals surface area contributed by atoms with E-state index in [1.807, 2.05) is 0 Å². The highest BCUT2D eigenvalue weighted by atomic mass is 19.3. The summed E-state index contributed by atoms with van der Waals surface area (Å²) in [4.78, 5) is 10.6. The van der Waals surface area contributed by atoms with E-state index < -0.39 is 17.7 Å². The molecule has 0 aliphatic heterocycles. The smallest absolute Gasteiger partial charge is 0.259 e. The van der Waals surface area contributed by atoms with Crippen LogP contribution in [-0.2, 0) is 4.79 Å². The molecule has 4 heteroatoms. The third kappa shape index (κ3) is 1.73. The van der Waals surface area contributed by atoms with Gasteiger partial charge < -0.3 is 5.73 Å². The average molecular weight is 176 g/mol. The molecule has 2 unspecified atom stereocenters. The number of halogens is 2. The zero-order valence-corrected chi connectivity index (χ0v) is 6.72. The number of alkyl halides is 2. The first-order valence-electron chi connectivity index (χ1n) is 3.93. The van der Waals surface area contributed by atoms with E-state index in [9.17, 15) is 13.6 Å². The summed E-state index contributed by atoms with van der Waals surface area (Å²) < 4.78 is 25.9. The number of carbonyl (C=O) groups excluding carboxylic acids is 1. The number of primary amides is 1. The Balaban J connectivity index is 2.72. The van der Waals surface area contributed by atoms with Crippen LogP contribution in [0.5, 0.6) is 0 Å². The molecule has 0 aromatic carbocycles. The van der Waals surface area contributed by atoms with Gasteiger partial charge in [-0.05, 0) is 18.8 Å². The predicted molar refractivity (Wildman–Crippen MR) is 40.3 cm³/mol. The third-order valence-corrected chi connectivity index (χ3v) is 2.31. The third-order valence-electron chi connectivity index (χ3n) is 2.31. The van der Waals surface area contributed by atoms with E-state index in [0.29, 0.717) is 6.42 Å². The Kier molecular flexibility index (Phi) is 2.35. The number of hydrogen-bond acceptors (Lipinski definition) is 1. The van der Waals surface area contributed by atoms with Crippen LogP contribution in [0.1, 0.15) is 19.3 Å². The van der Waals surface area contributed by atoms with Crippen LogP contribution in [0.25, 0.3) is 0 Å². The van der Waals surface area contributed by atoms with Gasteiger partial charge in [-0.15, -0.1) is 0 Å². The van der Waals surface area contributed by atoms with E-state index in [2.05, 4.69) is 6.92 Å². The van der Waals surface area contributed by atoms with Crippen molar-refractivity contribution < 1.29 is 13.6 Å². The summed E-state index contributed by atoms with van der Waals surface area (Å²) in [6.45, 7) is 3.65. The van der Waals surface area contributed by atoms with E-state index in [1.165, 1.54) is 0 Å². The lowest BCUT2D eigenvalue weighted by atomic mass is 9.79. The summed E-state index contributed by atoms with van der Waals surface area (Å²) in [5, 5.41) is 0. The lowest BCUT2D eigenvalue weighted by molar-refractivity contribution is -0.144. The molecule has 0 spiro atoms. The number of hydrogen-bond donors (Lipinski definition) is 1. The van der Waals surface area contributed by atoms with Crippen LogP contribution in [0.15, 0.2) is 0 Å². The summed E-state index contributed by atoms with van der Waals surface area (Å²) in [6.07, 6.45) is 0.216. The summed E-state index contributed by atoms with van der Waals surface area (Å²) in [5.74, 6) is -5.20. The van der Waals surface area contributed by atoms with Crippen molar-refractivity contribution in [3.63, 3.8) is 0 Å². The van der Waals surface area contributed by atoms with Gasteiger partial charge in [0, 0.05) is 6.42 Å². The average Bonchev–Trinajstić information content (AvgIpc) is 1.94. The van der Waals surface area contributed by atoms with Gasteiger partial charge in [0.2, 0.25) is 5.91 Å². The Morgan fingerprint density at radius 1 is 1.58 bits per heavy atom. The molecule has 1 amide bonds. The molecule has 1 saturated carbocycles. The van der Waals surface area contributed by atoms with Crippen molar-refractivity contribution in [2.75, 3.05) is 0 Å². The molecule has 1 fully saturated rings. The van der Waals surface area contributed by atoms with Gasteiger partial charge in [0.05, 0.1) is 0 Å². The fraction of sp³-hybridized carbons (Fsp3) is 0.750. The standard InChI is InChI=1S/C8H12F2NO/c1-5-2-3-8(9,10)6(4-5)7(11)12/h5-6H,1-4H2,(H2,11,12). The molecule has 1 rings (SSSR count). The first-order valence-corrected chi connectivity index (χ1v) is 3.93. The SMILES string of the molecule is [CH2]C1CCC(F)(F)C(C(N)=O)C1. The summed E-state index contributed by atoms with van der Waals surface area (Å²) in [5.41, 5.74) is 4.86. The second-order valence-electron chi connectivity index (χ2n) is 3.36. The second kappa shape index (κ2) is 2.99. The Morgan fingerprint density at radius 2 is 2.17 bits per heavy atom. The van der Waals surface area contributed by atoms with Crippen LogP contribution < -0.4 is 5.73 Å². The highest BCUT2D eigenvalue weighted by Gasteiger charge is 2.46. The molecular weight excluding hydrogens is 164 g/mol. The van der Waals surface area contributed by atoms with E-state index in [4.69, 9.17) is 5.73 Å². The van der Waals surface area contributed by atoms with E-state index in [1.54, 1.807) is 0 Å². The molecule has 2 atom stereocenters. The molecule has 0 heterocycles. The lowest BCUT2D eigenvalue weighted by Crippen LogP contribution is -2.42.